The van der Waals surface area contributed by atoms with E-state index in [0.717, 1.165) is 6.07 Å². The molecule has 5 nitrogen and oxygen atoms in total. The number of hydrogen-bond acceptors (Lipinski definition) is 3. The van der Waals surface area contributed by atoms with Gasteiger partial charge in [-0.15, -0.1) is 0 Å². The Morgan fingerprint density at radius 2 is 2.16 bits per heavy atom. The summed E-state index contributed by atoms with van der Waals surface area (Å²) in [6, 6.07) is 1.74. The van der Waals surface area contributed by atoms with E-state index in [1.807, 2.05) is 0 Å². The molecule has 1 rings (SSSR count). The minimum absolute atomic E-state index is 0.0149. The Morgan fingerprint density at radius 1 is 1.53 bits per heavy atom. The highest BCUT2D eigenvalue weighted by atomic mass is 79.9. The zero-order valence-corrected chi connectivity index (χ0v) is 11.5. The third-order valence-corrected chi connectivity index (χ3v) is 3.07. The molecule has 1 unspecified atom stereocenters. The van der Waals surface area contributed by atoms with Gasteiger partial charge in [-0.3, -0.25) is 4.79 Å². The second-order valence-corrected chi connectivity index (χ2v) is 4.58. The summed E-state index contributed by atoms with van der Waals surface area (Å²) in [6.45, 7) is 1.65. The Balaban J connectivity index is 2.96. The summed E-state index contributed by atoms with van der Waals surface area (Å²) in [7, 11) is 0. The Morgan fingerprint density at radius 3 is 2.68 bits per heavy atom. The first-order valence-electron chi connectivity index (χ1n) is 5.33. The summed E-state index contributed by atoms with van der Waals surface area (Å²) in [5.74, 6) is -3.51. The monoisotopic (exact) mass is 335 g/mol. The van der Waals surface area contributed by atoms with Crippen LogP contribution in [0.1, 0.15) is 13.3 Å². The molecule has 4 N–H and O–H groups in total. The van der Waals surface area contributed by atoms with Crippen LogP contribution in [0.2, 0.25) is 0 Å². The number of nitrogens with zero attached hydrogens (tertiary/aromatic N) is 1. The van der Waals surface area contributed by atoms with Crippen LogP contribution in [0.25, 0.3) is 0 Å². The van der Waals surface area contributed by atoms with Crippen LogP contribution in [0.3, 0.4) is 0 Å². The lowest BCUT2D eigenvalue weighted by molar-refractivity contribution is -0.118. The van der Waals surface area contributed by atoms with E-state index < -0.39 is 23.5 Å². The molecule has 0 aromatic heterocycles. The zero-order valence-electron chi connectivity index (χ0n) is 9.95. The predicted molar refractivity (Wildman–Crippen MR) is 69.9 cm³/mol. The fraction of sp³-hybridized carbons (Fsp3) is 0.273. The minimum atomic E-state index is -0.914. The highest BCUT2D eigenvalue weighted by Gasteiger charge is 2.22. The van der Waals surface area contributed by atoms with E-state index in [9.17, 15) is 13.6 Å². The Hall–Kier alpha value is -1.70. The SMILES string of the molecule is CCC(C(=O)Nc1cc(Br)c(F)cc1F)/C(N)=N/O. The van der Waals surface area contributed by atoms with Crippen molar-refractivity contribution in [3.63, 3.8) is 0 Å². The molecule has 0 spiro atoms. The van der Waals surface area contributed by atoms with Crippen molar-refractivity contribution in [2.45, 2.75) is 13.3 Å². The van der Waals surface area contributed by atoms with Crippen molar-refractivity contribution >= 4 is 33.4 Å². The molecule has 8 heteroatoms. The van der Waals surface area contributed by atoms with Crippen LogP contribution in [0.5, 0.6) is 0 Å². The Bertz CT molecular complexity index is 523. The second-order valence-electron chi connectivity index (χ2n) is 3.72. The molecule has 0 fully saturated rings. The zero-order chi connectivity index (χ0) is 14.6. The molecule has 0 aliphatic heterocycles. The van der Waals surface area contributed by atoms with Crippen molar-refractivity contribution in [3.05, 3.63) is 28.2 Å². The number of nitrogens with two attached hydrogens (primary N) is 1. The molecule has 1 aromatic rings. The van der Waals surface area contributed by atoms with Crippen LogP contribution in [0.4, 0.5) is 14.5 Å². The number of carbonyl (C=O) groups excluding carboxylic acids is 1. The van der Waals surface area contributed by atoms with Crippen LogP contribution in [-0.4, -0.2) is 17.0 Å². The molecule has 0 aliphatic carbocycles. The number of halogens is 3. The van der Waals surface area contributed by atoms with Gasteiger partial charge >= 0.3 is 0 Å². The Kier molecular flexibility index (Phi) is 5.22. The first-order chi connectivity index (χ1) is 8.90. The number of amidine groups is 1. The van der Waals surface area contributed by atoms with Gasteiger partial charge in [-0.05, 0) is 28.4 Å². The Labute approximate surface area is 116 Å². The second kappa shape index (κ2) is 6.46. The summed E-state index contributed by atoms with van der Waals surface area (Å²) in [4.78, 5) is 11.8. The molecule has 1 aromatic carbocycles. The number of rotatable bonds is 4. The first-order valence-corrected chi connectivity index (χ1v) is 6.12. The van der Waals surface area contributed by atoms with Gasteiger partial charge in [0.05, 0.1) is 16.1 Å². The first kappa shape index (κ1) is 15.4. The lowest BCUT2D eigenvalue weighted by Crippen LogP contribution is -2.34. The van der Waals surface area contributed by atoms with Crippen molar-refractivity contribution in [1.29, 1.82) is 0 Å². The standard InChI is InChI=1S/C11H12BrF2N3O2/c1-2-5(10(15)17-19)11(18)16-9-3-6(12)7(13)4-8(9)14/h3-5,19H,2H2,1H3,(H2,15,17)(H,16,18). The van der Waals surface area contributed by atoms with Gasteiger partial charge in [-0.25, -0.2) is 8.78 Å². The number of benzene rings is 1. The average molecular weight is 336 g/mol. The van der Waals surface area contributed by atoms with Crippen molar-refractivity contribution in [2.75, 3.05) is 5.32 Å². The molecule has 0 saturated carbocycles. The van der Waals surface area contributed by atoms with Crippen molar-refractivity contribution in [3.8, 4) is 0 Å². The average Bonchev–Trinajstić information content (AvgIpc) is 2.36. The van der Waals surface area contributed by atoms with Gasteiger partial charge in [0.2, 0.25) is 5.91 Å². The molecular weight excluding hydrogens is 324 g/mol. The highest BCUT2D eigenvalue weighted by molar-refractivity contribution is 9.10. The summed E-state index contributed by atoms with van der Waals surface area (Å²) in [5, 5.41) is 13.5. The normalized spacial score (nSPS) is 13.2. The molecule has 104 valence electrons. The lowest BCUT2D eigenvalue weighted by Gasteiger charge is -2.14. The van der Waals surface area contributed by atoms with E-state index in [-0.39, 0.29) is 22.4 Å². The number of amides is 1. The lowest BCUT2D eigenvalue weighted by atomic mass is 10.0. The number of oxime groups is 1. The van der Waals surface area contributed by atoms with Gasteiger partial charge in [-0.1, -0.05) is 12.1 Å². The van der Waals surface area contributed by atoms with Gasteiger partial charge in [0.25, 0.3) is 0 Å². The van der Waals surface area contributed by atoms with Crippen LogP contribution < -0.4 is 11.1 Å². The van der Waals surface area contributed by atoms with E-state index >= 15 is 0 Å². The number of nitrogens with one attached hydrogen (secondary N) is 1. The van der Waals surface area contributed by atoms with Crippen LogP contribution in [0.15, 0.2) is 21.8 Å². The molecule has 1 atom stereocenters. The molecule has 0 bridgehead atoms. The molecule has 0 aliphatic rings. The molecule has 0 radical (unpaired) electrons. The maximum atomic E-state index is 13.5. The van der Waals surface area contributed by atoms with E-state index in [4.69, 9.17) is 10.9 Å². The highest BCUT2D eigenvalue weighted by Crippen LogP contribution is 2.24. The maximum absolute atomic E-state index is 13.5. The fourth-order valence-corrected chi connectivity index (χ4v) is 1.78. The van der Waals surface area contributed by atoms with Crippen LogP contribution >= 0.6 is 15.9 Å². The molecule has 0 heterocycles. The van der Waals surface area contributed by atoms with Crippen LogP contribution in [-0.2, 0) is 4.79 Å². The summed E-state index contributed by atoms with van der Waals surface area (Å²) >= 11 is 2.89. The topological polar surface area (TPSA) is 87.7 Å². The minimum Gasteiger partial charge on any atom is -0.409 e. The third-order valence-electron chi connectivity index (χ3n) is 2.47. The smallest absolute Gasteiger partial charge is 0.235 e. The number of carbonyl (C=O) groups is 1. The summed E-state index contributed by atoms with van der Waals surface area (Å²) in [6.07, 6.45) is 0.270. The molecule has 0 saturated heterocycles. The van der Waals surface area contributed by atoms with E-state index in [2.05, 4.69) is 26.4 Å². The largest absolute Gasteiger partial charge is 0.409 e. The van der Waals surface area contributed by atoms with Gasteiger partial charge in [-0.2, -0.15) is 0 Å². The van der Waals surface area contributed by atoms with Crippen molar-refractivity contribution in [1.82, 2.24) is 0 Å². The summed E-state index contributed by atoms with van der Waals surface area (Å²) < 4.78 is 26.5. The van der Waals surface area contributed by atoms with E-state index in [1.165, 1.54) is 0 Å². The molecular formula is C11H12BrF2N3O2. The van der Waals surface area contributed by atoms with E-state index in [0.29, 0.717) is 6.07 Å². The van der Waals surface area contributed by atoms with E-state index in [1.54, 1.807) is 6.92 Å². The van der Waals surface area contributed by atoms with Gasteiger partial charge < -0.3 is 16.3 Å². The summed E-state index contributed by atoms with van der Waals surface area (Å²) in [5.41, 5.74) is 5.16. The van der Waals surface area contributed by atoms with Gasteiger partial charge in [0.1, 0.15) is 11.6 Å². The molecule has 19 heavy (non-hydrogen) atoms. The maximum Gasteiger partial charge on any atom is 0.235 e. The fourth-order valence-electron chi connectivity index (χ4n) is 1.44. The van der Waals surface area contributed by atoms with Crippen LogP contribution in [0, 0.1) is 17.6 Å². The predicted octanol–water partition coefficient (Wildman–Crippen LogP) is 2.44. The number of anilines is 1. The van der Waals surface area contributed by atoms with Gasteiger partial charge in [0.15, 0.2) is 5.84 Å². The quantitative estimate of drug-likeness (QED) is 0.259. The van der Waals surface area contributed by atoms with Gasteiger partial charge in [0, 0.05) is 6.07 Å². The number of hydrogen-bond donors (Lipinski definition) is 3. The van der Waals surface area contributed by atoms with Crippen molar-refractivity contribution < 1.29 is 18.8 Å². The molecule has 1 amide bonds. The van der Waals surface area contributed by atoms with Crippen molar-refractivity contribution in [2.24, 2.45) is 16.8 Å². The third kappa shape index (κ3) is 3.63.